The number of ether oxygens (including phenoxy) is 3. The zero-order chi connectivity index (χ0) is 22.8. The average molecular weight is 429 g/mol. The van der Waals surface area contributed by atoms with E-state index in [1.54, 1.807) is 39.3 Å². The number of nitrogens with zero attached hydrogens (tertiary/aromatic N) is 1. The lowest BCUT2D eigenvalue weighted by molar-refractivity contribution is -0.142. The van der Waals surface area contributed by atoms with E-state index in [0.717, 1.165) is 12.0 Å². The largest absolute Gasteiger partial charge is 0.496 e. The monoisotopic (exact) mass is 428 g/mol. The van der Waals surface area contributed by atoms with Crippen molar-refractivity contribution in [3.63, 3.8) is 0 Å². The summed E-state index contributed by atoms with van der Waals surface area (Å²) in [5, 5.41) is 2.95. The molecule has 0 unspecified atom stereocenters. The van der Waals surface area contributed by atoms with Crippen LogP contribution in [0.4, 0.5) is 0 Å². The Labute approximate surface area is 184 Å². The van der Waals surface area contributed by atoms with Crippen LogP contribution in [0.25, 0.3) is 0 Å². The second-order valence-corrected chi connectivity index (χ2v) is 7.34. The van der Waals surface area contributed by atoms with Gasteiger partial charge in [0.15, 0.2) is 6.61 Å². The van der Waals surface area contributed by atoms with Gasteiger partial charge in [-0.05, 0) is 25.8 Å². The quantitative estimate of drug-likeness (QED) is 0.594. The molecule has 0 aromatic heterocycles. The Balaban J connectivity index is 2.16. The SMILES string of the molecule is CC[C@@H](C)NC(=O)[C@@H](C)N(Cc1ccccc1)C(=O)COc1cc(OC)cc(OC)c1. The number of nitrogens with one attached hydrogen (secondary N) is 1. The molecule has 2 aromatic rings. The minimum absolute atomic E-state index is 0.0316. The molecule has 0 heterocycles. The van der Waals surface area contributed by atoms with E-state index in [-0.39, 0.29) is 24.5 Å². The Hall–Kier alpha value is -3.22. The maximum Gasteiger partial charge on any atom is 0.261 e. The van der Waals surface area contributed by atoms with Crippen LogP contribution >= 0.6 is 0 Å². The van der Waals surface area contributed by atoms with Crippen LogP contribution in [0.5, 0.6) is 17.2 Å². The van der Waals surface area contributed by atoms with Gasteiger partial charge in [-0.3, -0.25) is 9.59 Å². The third kappa shape index (κ3) is 7.20. The zero-order valence-electron chi connectivity index (χ0n) is 18.9. The topological polar surface area (TPSA) is 77.1 Å². The highest BCUT2D eigenvalue weighted by molar-refractivity contribution is 5.88. The molecule has 7 heteroatoms. The molecule has 0 saturated carbocycles. The predicted octanol–water partition coefficient (Wildman–Crippen LogP) is 3.41. The maximum absolute atomic E-state index is 13.1. The van der Waals surface area contributed by atoms with E-state index in [4.69, 9.17) is 14.2 Å². The van der Waals surface area contributed by atoms with Gasteiger partial charge < -0.3 is 24.4 Å². The molecule has 168 valence electrons. The number of carbonyl (C=O) groups excluding carboxylic acids is 2. The van der Waals surface area contributed by atoms with E-state index in [9.17, 15) is 9.59 Å². The van der Waals surface area contributed by atoms with E-state index in [1.165, 1.54) is 4.90 Å². The van der Waals surface area contributed by atoms with Crippen LogP contribution in [0.3, 0.4) is 0 Å². The average Bonchev–Trinajstić information content (AvgIpc) is 2.80. The first-order chi connectivity index (χ1) is 14.9. The zero-order valence-corrected chi connectivity index (χ0v) is 18.9. The highest BCUT2D eigenvalue weighted by Gasteiger charge is 2.27. The fourth-order valence-corrected chi connectivity index (χ4v) is 2.92. The fourth-order valence-electron chi connectivity index (χ4n) is 2.92. The van der Waals surface area contributed by atoms with E-state index in [0.29, 0.717) is 23.8 Å². The van der Waals surface area contributed by atoms with Crippen molar-refractivity contribution in [2.75, 3.05) is 20.8 Å². The molecule has 0 radical (unpaired) electrons. The summed E-state index contributed by atoms with van der Waals surface area (Å²) in [6.45, 7) is 5.75. The number of hydrogen-bond donors (Lipinski definition) is 1. The van der Waals surface area contributed by atoms with Crippen molar-refractivity contribution in [1.82, 2.24) is 10.2 Å². The van der Waals surface area contributed by atoms with Gasteiger partial charge in [0.2, 0.25) is 5.91 Å². The van der Waals surface area contributed by atoms with Crippen molar-refractivity contribution < 1.29 is 23.8 Å². The van der Waals surface area contributed by atoms with Crippen LogP contribution in [0.15, 0.2) is 48.5 Å². The van der Waals surface area contributed by atoms with Crippen molar-refractivity contribution in [2.45, 2.75) is 45.8 Å². The summed E-state index contributed by atoms with van der Waals surface area (Å²) in [6.07, 6.45) is 0.811. The van der Waals surface area contributed by atoms with E-state index < -0.39 is 6.04 Å². The van der Waals surface area contributed by atoms with Gasteiger partial charge in [0.25, 0.3) is 5.91 Å². The van der Waals surface area contributed by atoms with Gasteiger partial charge in [-0.1, -0.05) is 37.3 Å². The number of benzene rings is 2. The predicted molar refractivity (Wildman–Crippen MR) is 119 cm³/mol. The van der Waals surface area contributed by atoms with Gasteiger partial charge in [0.1, 0.15) is 23.3 Å². The van der Waals surface area contributed by atoms with Crippen molar-refractivity contribution >= 4 is 11.8 Å². The van der Waals surface area contributed by atoms with Crippen LogP contribution in [0, 0.1) is 0 Å². The van der Waals surface area contributed by atoms with Crippen molar-refractivity contribution in [3.8, 4) is 17.2 Å². The van der Waals surface area contributed by atoms with Crippen LogP contribution < -0.4 is 19.5 Å². The number of carbonyl (C=O) groups is 2. The summed E-state index contributed by atoms with van der Waals surface area (Å²) in [7, 11) is 3.09. The molecule has 31 heavy (non-hydrogen) atoms. The number of methoxy groups -OCH3 is 2. The Morgan fingerprint density at radius 1 is 0.968 bits per heavy atom. The molecule has 0 fully saturated rings. The first-order valence-electron chi connectivity index (χ1n) is 10.4. The molecule has 0 spiro atoms. The lowest BCUT2D eigenvalue weighted by Crippen LogP contribution is -2.50. The molecule has 0 aliphatic rings. The summed E-state index contributed by atoms with van der Waals surface area (Å²) in [5.74, 6) is 1.08. The molecule has 7 nitrogen and oxygen atoms in total. The summed E-state index contributed by atoms with van der Waals surface area (Å²) >= 11 is 0. The first kappa shape index (κ1) is 24.1. The van der Waals surface area contributed by atoms with Crippen LogP contribution in [0.1, 0.15) is 32.8 Å². The van der Waals surface area contributed by atoms with Gasteiger partial charge in [0, 0.05) is 30.8 Å². The molecule has 0 aliphatic carbocycles. The molecule has 2 aromatic carbocycles. The highest BCUT2D eigenvalue weighted by Crippen LogP contribution is 2.27. The van der Waals surface area contributed by atoms with E-state index in [2.05, 4.69) is 5.32 Å². The molecule has 2 rings (SSSR count). The minimum atomic E-state index is -0.648. The Morgan fingerprint density at radius 3 is 2.10 bits per heavy atom. The first-order valence-corrected chi connectivity index (χ1v) is 10.4. The summed E-state index contributed by atoms with van der Waals surface area (Å²) in [4.78, 5) is 27.3. The van der Waals surface area contributed by atoms with E-state index >= 15 is 0 Å². The molecule has 1 N–H and O–H groups in total. The normalized spacial score (nSPS) is 12.4. The molecular weight excluding hydrogens is 396 g/mol. The lowest BCUT2D eigenvalue weighted by atomic mass is 10.1. The molecule has 2 amide bonds. The third-order valence-corrected chi connectivity index (χ3v) is 5.05. The standard InChI is InChI=1S/C24H32N2O5/c1-6-17(2)25-24(28)18(3)26(15-19-10-8-7-9-11-19)23(27)16-31-22-13-20(29-4)12-21(14-22)30-5/h7-14,17-18H,6,15-16H2,1-5H3,(H,25,28)/t17-,18-/m1/s1. The molecule has 2 atom stereocenters. The second kappa shape index (κ2) is 11.8. The number of hydrogen-bond acceptors (Lipinski definition) is 5. The molecular formula is C24H32N2O5. The smallest absolute Gasteiger partial charge is 0.261 e. The summed E-state index contributed by atoms with van der Waals surface area (Å²) in [5.41, 5.74) is 0.932. The van der Waals surface area contributed by atoms with Crippen LogP contribution in [-0.4, -0.2) is 49.6 Å². The van der Waals surface area contributed by atoms with Gasteiger partial charge in [0.05, 0.1) is 14.2 Å². The Bertz CT molecular complexity index is 834. The maximum atomic E-state index is 13.1. The second-order valence-electron chi connectivity index (χ2n) is 7.34. The van der Waals surface area contributed by atoms with Crippen LogP contribution in [0.2, 0.25) is 0 Å². The van der Waals surface area contributed by atoms with Crippen molar-refractivity contribution in [1.29, 1.82) is 0 Å². The molecule has 0 saturated heterocycles. The Kier molecular flexibility index (Phi) is 9.18. The third-order valence-electron chi connectivity index (χ3n) is 5.05. The van der Waals surface area contributed by atoms with Gasteiger partial charge >= 0.3 is 0 Å². The van der Waals surface area contributed by atoms with Crippen molar-refractivity contribution in [3.05, 3.63) is 54.1 Å². The Morgan fingerprint density at radius 2 is 1.55 bits per heavy atom. The summed E-state index contributed by atoms with van der Waals surface area (Å²) < 4.78 is 16.2. The highest BCUT2D eigenvalue weighted by atomic mass is 16.5. The number of rotatable bonds is 11. The van der Waals surface area contributed by atoms with Gasteiger partial charge in [-0.25, -0.2) is 0 Å². The fraction of sp³-hybridized carbons (Fsp3) is 0.417. The van der Waals surface area contributed by atoms with Gasteiger partial charge in [-0.15, -0.1) is 0 Å². The van der Waals surface area contributed by atoms with Crippen LogP contribution in [-0.2, 0) is 16.1 Å². The van der Waals surface area contributed by atoms with Crippen molar-refractivity contribution in [2.24, 2.45) is 0 Å². The molecule has 0 aliphatic heterocycles. The summed E-state index contributed by atoms with van der Waals surface area (Å²) in [6, 6.07) is 14.0. The number of amides is 2. The van der Waals surface area contributed by atoms with Gasteiger partial charge in [-0.2, -0.15) is 0 Å². The van der Waals surface area contributed by atoms with E-state index in [1.807, 2.05) is 44.2 Å². The minimum Gasteiger partial charge on any atom is -0.496 e. The molecule has 0 bridgehead atoms. The lowest BCUT2D eigenvalue weighted by Gasteiger charge is -2.29.